The van der Waals surface area contributed by atoms with Crippen molar-refractivity contribution >= 4 is 27.8 Å². The van der Waals surface area contributed by atoms with Gasteiger partial charge in [-0.3, -0.25) is 9.59 Å². The molecule has 1 aromatic carbocycles. The normalized spacial score (nSPS) is 9.90. The number of carbonyl (C=O) groups excluding carboxylic acids is 2. The second kappa shape index (κ2) is 9.36. The van der Waals surface area contributed by atoms with Gasteiger partial charge in [-0.05, 0) is 37.6 Å². The van der Waals surface area contributed by atoms with Gasteiger partial charge >= 0.3 is 5.97 Å². The van der Waals surface area contributed by atoms with Crippen molar-refractivity contribution in [3.63, 3.8) is 0 Å². The third kappa shape index (κ3) is 7.13. The molecule has 0 unspecified atom stereocenters. The summed E-state index contributed by atoms with van der Waals surface area (Å²) in [5.74, 6) is 0.157. The van der Waals surface area contributed by atoms with E-state index in [1.54, 1.807) is 6.92 Å². The minimum Gasteiger partial charge on any atom is -0.494 e. The maximum Gasteiger partial charge on any atom is 0.325 e. The summed E-state index contributed by atoms with van der Waals surface area (Å²) in [6, 6.07) is 7.48. The quantitative estimate of drug-likeness (QED) is 0.581. The highest BCUT2D eigenvalue weighted by Crippen LogP contribution is 2.16. The van der Waals surface area contributed by atoms with Crippen LogP contribution in [0.15, 0.2) is 28.7 Å². The highest BCUT2D eigenvalue weighted by atomic mass is 79.9. The smallest absolute Gasteiger partial charge is 0.325 e. The van der Waals surface area contributed by atoms with Crippen molar-refractivity contribution in [3.05, 3.63) is 28.7 Å². The van der Waals surface area contributed by atoms with Crippen LogP contribution in [0.4, 0.5) is 0 Å². The number of hydrogen-bond donors (Lipinski definition) is 1. The summed E-state index contributed by atoms with van der Waals surface area (Å²) in [6.07, 6.45) is 0.903. The summed E-state index contributed by atoms with van der Waals surface area (Å²) in [5, 5.41) is 2.50. The zero-order chi connectivity index (χ0) is 14.8. The molecule has 1 rings (SSSR count). The predicted octanol–water partition coefficient (Wildman–Crippen LogP) is 2.29. The molecular formula is C14H18BrNO4. The zero-order valence-corrected chi connectivity index (χ0v) is 12.9. The van der Waals surface area contributed by atoms with Gasteiger partial charge in [-0.1, -0.05) is 15.9 Å². The fourth-order valence-corrected chi connectivity index (χ4v) is 1.69. The van der Waals surface area contributed by atoms with Crippen LogP contribution in [0.2, 0.25) is 0 Å². The van der Waals surface area contributed by atoms with Gasteiger partial charge in [0.25, 0.3) is 0 Å². The first kappa shape index (κ1) is 16.5. The summed E-state index contributed by atoms with van der Waals surface area (Å²) in [6.45, 7) is 2.41. The van der Waals surface area contributed by atoms with E-state index in [1.807, 2.05) is 24.3 Å². The molecule has 110 valence electrons. The average Bonchev–Trinajstić information content (AvgIpc) is 2.43. The van der Waals surface area contributed by atoms with Crippen LogP contribution >= 0.6 is 15.9 Å². The lowest BCUT2D eigenvalue weighted by Crippen LogP contribution is -2.30. The Morgan fingerprint density at radius 3 is 2.60 bits per heavy atom. The number of benzene rings is 1. The second-order valence-corrected chi connectivity index (χ2v) is 4.90. The van der Waals surface area contributed by atoms with Crippen molar-refractivity contribution in [1.29, 1.82) is 0 Å². The van der Waals surface area contributed by atoms with Crippen molar-refractivity contribution in [3.8, 4) is 5.75 Å². The molecule has 1 aromatic rings. The molecule has 5 nitrogen and oxygen atoms in total. The van der Waals surface area contributed by atoms with Crippen molar-refractivity contribution < 1.29 is 19.1 Å². The van der Waals surface area contributed by atoms with Crippen LogP contribution in [0.3, 0.4) is 0 Å². The van der Waals surface area contributed by atoms with E-state index in [2.05, 4.69) is 21.2 Å². The maximum absolute atomic E-state index is 11.4. The summed E-state index contributed by atoms with van der Waals surface area (Å²) < 4.78 is 11.2. The lowest BCUT2D eigenvalue weighted by molar-refractivity contribution is -0.143. The first-order valence-corrected chi connectivity index (χ1v) is 7.21. The van der Waals surface area contributed by atoms with E-state index in [9.17, 15) is 9.59 Å². The van der Waals surface area contributed by atoms with Gasteiger partial charge in [0.15, 0.2) is 0 Å². The van der Waals surface area contributed by atoms with Crippen molar-refractivity contribution in [2.24, 2.45) is 0 Å². The molecule has 0 aromatic heterocycles. The Morgan fingerprint density at radius 1 is 1.25 bits per heavy atom. The predicted molar refractivity (Wildman–Crippen MR) is 78.5 cm³/mol. The summed E-state index contributed by atoms with van der Waals surface area (Å²) >= 11 is 3.34. The van der Waals surface area contributed by atoms with Crippen LogP contribution in [0, 0.1) is 0 Å². The van der Waals surface area contributed by atoms with E-state index < -0.39 is 5.97 Å². The highest BCUT2D eigenvalue weighted by molar-refractivity contribution is 9.10. The Labute approximate surface area is 126 Å². The van der Waals surface area contributed by atoms with Crippen LogP contribution in [0.1, 0.15) is 19.8 Å². The van der Waals surface area contributed by atoms with Crippen LogP contribution in [0.5, 0.6) is 5.75 Å². The van der Waals surface area contributed by atoms with Crippen molar-refractivity contribution in [2.75, 3.05) is 19.8 Å². The molecule has 1 N–H and O–H groups in total. The number of ether oxygens (including phenoxy) is 2. The molecule has 0 fully saturated rings. The molecule has 0 radical (unpaired) electrons. The largest absolute Gasteiger partial charge is 0.494 e. The summed E-state index contributed by atoms with van der Waals surface area (Å²) in [4.78, 5) is 22.5. The van der Waals surface area contributed by atoms with E-state index in [0.717, 1.165) is 10.2 Å². The molecule has 6 heteroatoms. The zero-order valence-electron chi connectivity index (χ0n) is 11.4. The fourth-order valence-electron chi connectivity index (χ4n) is 1.42. The minimum atomic E-state index is -0.424. The lowest BCUT2D eigenvalue weighted by Gasteiger charge is -2.07. The number of nitrogens with one attached hydrogen (secondary N) is 1. The number of halogens is 1. The topological polar surface area (TPSA) is 64.6 Å². The molecule has 0 heterocycles. The second-order valence-electron chi connectivity index (χ2n) is 3.99. The Bertz CT molecular complexity index is 433. The molecule has 0 aliphatic carbocycles. The summed E-state index contributed by atoms with van der Waals surface area (Å²) in [7, 11) is 0. The fraction of sp³-hybridized carbons (Fsp3) is 0.429. The van der Waals surface area contributed by atoms with E-state index >= 15 is 0 Å². The number of esters is 1. The number of hydrogen-bond acceptors (Lipinski definition) is 4. The Morgan fingerprint density at radius 2 is 1.95 bits per heavy atom. The standard InChI is InChI=1S/C14H18BrNO4/c1-2-19-14(18)10-16-13(17)4-3-9-20-12-7-5-11(15)6-8-12/h5-8H,2-4,9-10H2,1H3,(H,16,17). The minimum absolute atomic E-state index is 0.0831. The third-order valence-corrected chi connectivity index (χ3v) is 2.89. The van der Waals surface area contributed by atoms with Gasteiger partial charge in [-0.2, -0.15) is 0 Å². The Kier molecular flexibility index (Phi) is 7.72. The molecule has 0 atom stereocenters. The van der Waals surface area contributed by atoms with E-state index in [0.29, 0.717) is 26.1 Å². The first-order chi connectivity index (χ1) is 9.61. The van der Waals surface area contributed by atoms with Crippen LogP contribution < -0.4 is 10.1 Å². The van der Waals surface area contributed by atoms with Crippen LogP contribution in [0.25, 0.3) is 0 Å². The highest BCUT2D eigenvalue weighted by Gasteiger charge is 2.05. The van der Waals surface area contributed by atoms with E-state index in [1.165, 1.54) is 0 Å². The molecule has 1 amide bonds. The van der Waals surface area contributed by atoms with Gasteiger partial charge in [0.05, 0.1) is 13.2 Å². The summed E-state index contributed by atoms with van der Waals surface area (Å²) in [5.41, 5.74) is 0. The molecular weight excluding hydrogens is 326 g/mol. The van der Waals surface area contributed by atoms with Gasteiger partial charge in [-0.15, -0.1) is 0 Å². The average molecular weight is 344 g/mol. The Hall–Kier alpha value is -1.56. The number of amides is 1. The van der Waals surface area contributed by atoms with Crippen LogP contribution in [-0.2, 0) is 14.3 Å². The third-order valence-electron chi connectivity index (χ3n) is 2.37. The number of rotatable bonds is 8. The Balaban J connectivity index is 2.10. The first-order valence-electron chi connectivity index (χ1n) is 6.42. The lowest BCUT2D eigenvalue weighted by atomic mass is 10.3. The SMILES string of the molecule is CCOC(=O)CNC(=O)CCCOc1ccc(Br)cc1. The van der Waals surface area contributed by atoms with E-state index in [4.69, 9.17) is 9.47 Å². The molecule has 0 aliphatic heterocycles. The van der Waals surface area contributed by atoms with Gasteiger partial charge in [0.1, 0.15) is 12.3 Å². The molecule has 0 saturated carbocycles. The van der Waals surface area contributed by atoms with Crippen LogP contribution in [-0.4, -0.2) is 31.6 Å². The van der Waals surface area contributed by atoms with Crippen molar-refractivity contribution in [2.45, 2.75) is 19.8 Å². The molecule has 0 aliphatic rings. The monoisotopic (exact) mass is 343 g/mol. The van der Waals surface area contributed by atoms with Gasteiger partial charge in [0, 0.05) is 10.9 Å². The number of carbonyl (C=O) groups is 2. The van der Waals surface area contributed by atoms with Gasteiger partial charge < -0.3 is 14.8 Å². The molecule has 20 heavy (non-hydrogen) atoms. The van der Waals surface area contributed by atoms with Gasteiger partial charge in [-0.25, -0.2) is 0 Å². The van der Waals surface area contributed by atoms with E-state index in [-0.39, 0.29) is 12.5 Å². The van der Waals surface area contributed by atoms with Gasteiger partial charge in [0.2, 0.25) is 5.91 Å². The maximum atomic E-state index is 11.4. The molecule has 0 saturated heterocycles. The van der Waals surface area contributed by atoms with Crippen molar-refractivity contribution in [1.82, 2.24) is 5.32 Å². The molecule has 0 bridgehead atoms. The molecule has 0 spiro atoms.